The lowest BCUT2D eigenvalue weighted by atomic mass is 9.87. The van der Waals surface area contributed by atoms with Crippen molar-refractivity contribution in [2.75, 3.05) is 33.4 Å². The summed E-state index contributed by atoms with van der Waals surface area (Å²) in [5.74, 6) is 0.660. The molecule has 3 unspecified atom stereocenters. The zero-order chi connectivity index (χ0) is 13.3. The SMILES string of the molecule is CNC(CO)(CN1CCOC2CCCCC21)C1CC1. The van der Waals surface area contributed by atoms with E-state index in [1.54, 1.807) is 0 Å². The summed E-state index contributed by atoms with van der Waals surface area (Å²) in [6.07, 6.45) is 8.09. The zero-order valence-corrected chi connectivity index (χ0v) is 12.1. The van der Waals surface area contributed by atoms with E-state index < -0.39 is 0 Å². The lowest BCUT2D eigenvalue weighted by molar-refractivity contribution is -0.0985. The molecule has 0 aromatic carbocycles. The molecule has 1 aliphatic heterocycles. The first-order chi connectivity index (χ1) is 9.29. The number of nitrogens with zero attached hydrogens (tertiary/aromatic N) is 1. The van der Waals surface area contributed by atoms with Crippen LogP contribution in [0.2, 0.25) is 0 Å². The van der Waals surface area contributed by atoms with Crippen LogP contribution in [0.25, 0.3) is 0 Å². The van der Waals surface area contributed by atoms with Gasteiger partial charge in [0.1, 0.15) is 0 Å². The molecule has 2 N–H and O–H groups in total. The molecule has 4 nitrogen and oxygen atoms in total. The second kappa shape index (κ2) is 5.68. The number of likely N-dealkylation sites (N-methyl/N-ethyl adjacent to an activating group) is 1. The van der Waals surface area contributed by atoms with Crippen LogP contribution in [-0.2, 0) is 4.74 Å². The topological polar surface area (TPSA) is 44.7 Å². The van der Waals surface area contributed by atoms with E-state index in [4.69, 9.17) is 4.74 Å². The first-order valence-corrected chi connectivity index (χ1v) is 7.94. The Morgan fingerprint density at radius 3 is 2.74 bits per heavy atom. The molecule has 19 heavy (non-hydrogen) atoms. The van der Waals surface area contributed by atoms with Gasteiger partial charge in [-0.25, -0.2) is 0 Å². The molecule has 4 heteroatoms. The summed E-state index contributed by atoms with van der Waals surface area (Å²) in [7, 11) is 2.01. The van der Waals surface area contributed by atoms with Gasteiger partial charge in [-0.3, -0.25) is 4.90 Å². The fourth-order valence-corrected chi connectivity index (χ4v) is 4.04. The molecule has 0 radical (unpaired) electrons. The van der Waals surface area contributed by atoms with Crippen LogP contribution in [0, 0.1) is 5.92 Å². The van der Waals surface area contributed by atoms with Gasteiger partial charge < -0.3 is 15.2 Å². The van der Waals surface area contributed by atoms with Crippen LogP contribution < -0.4 is 5.32 Å². The summed E-state index contributed by atoms with van der Waals surface area (Å²) in [5, 5.41) is 13.3. The number of hydrogen-bond donors (Lipinski definition) is 2. The Morgan fingerprint density at radius 1 is 1.26 bits per heavy atom. The predicted octanol–water partition coefficient (Wildman–Crippen LogP) is 0.990. The molecule has 0 aromatic rings. The lowest BCUT2D eigenvalue weighted by Gasteiger charge is -2.47. The van der Waals surface area contributed by atoms with Crippen molar-refractivity contribution in [1.82, 2.24) is 10.2 Å². The third-order valence-corrected chi connectivity index (χ3v) is 5.47. The van der Waals surface area contributed by atoms with Crippen LogP contribution in [0.15, 0.2) is 0 Å². The van der Waals surface area contributed by atoms with E-state index in [2.05, 4.69) is 10.2 Å². The molecule has 1 saturated heterocycles. The highest BCUT2D eigenvalue weighted by atomic mass is 16.5. The standard InChI is InChI=1S/C15H28N2O2/c1-16-15(11-18,12-6-7-12)10-17-8-9-19-14-5-3-2-4-13(14)17/h12-14,16,18H,2-11H2,1H3. The summed E-state index contributed by atoms with van der Waals surface area (Å²) >= 11 is 0. The second-order valence-electron chi connectivity index (χ2n) is 6.57. The number of rotatable bonds is 5. The van der Waals surface area contributed by atoms with Crippen molar-refractivity contribution in [3.8, 4) is 0 Å². The van der Waals surface area contributed by atoms with Crippen molar-refractivity contribution in [2.24, 2.45) is 5.92 Å². The number of morpholine rings is 1. The fourth-order valence-electron chi connectivity index (χ4n) is 4.04. The fraction of sp³-hybridized carbons (Fsp3) is 1.00. The van der Waals surface area contributed by atoms with Gasteiger partial charge in [0.15, 0.2) is 0 Å². The van der Waals surface area contributed by atoms with E-state index in [-0.39, 0.29) is 12.1 Å². The molecule has 2 aliphatic carbocycles. The number of ether oxygens (including phenoxy) is 1. The van der Waals surface area contributed by atoms with Gasteiger partial charge >= 0.3 is 0 Å². The van der Waals surface area contributed by atoms with Gasteiger partial charge in [-0.15, -0.1) is 0 Å². The van der Waals surface area contributed by atoms with Crippen molar-refractivity contribution in [3.63, 3.8) is 0 Å². The summed E-state index contributed by atoms with van der Waals surface area (Å²) in [4.78, 5) is 2.60. The van der Waals surface area contributed by atoms with Gasteiger partial charge in [0, 0.05) is 19.1 Å². The Kier molecular flexibility index (Phi) is 4.13. The molecule has 0 aromatic heterocycles. The molecule has 3 aliphatic rings. The van der Waals surface area contributed by atoms with Gasteiger partial charge in [-0.1, -0.05) is 12.8 Å². The molecule has 0 bridgehead atoms. The zero-order valence-electron chi connectivity index (χ0n) is 12.1. The van der Waals surface area contributed by atoms with E-state index >= 15 is 0 Å². The normalized spacial score (nSPS) is 35.7. The van der Waals surface area contributed by atoms with Crippen LogP contribution in [0.3, 0.4) is 0 Å². The number of aliphatic hydroxyl groups is 1. The summed E-state index contributed by atoms with van der Waals surface area (Å²) < 4.78 is 5.95. The smallest absolute Gasteiger partial charge is 0.0730 e. The summed E-state index contributed by atoms with van der Waals surface area (Å²) in [5.41, 5.74) is -0.0840. The number of aliphatic hydroxyl groups excluding tert-OH is 1. The second-order valence-corrected chi connectivity index (χ2v) is 6.57. The van der Waals surface area contributed by atoms with Crippen molar-refractivity contribution in [1.29, 1.82) is 0 Å². The van der Waals surface area contributed by atoms with Crippen molar-refractivity contribution >= 4 is 0 Å². The van der Waals surface area contributed by atoms with E-state index in [1.165, 1.54) is 38.5 Å². The number of hydrogen-bond acceptors (Lipinski definition) is 4. The third-order valence-electron chi connectivity index (χ3n) is 5.47. The van der Waals surface area contributed by atoms with Gasteiger partial charge in [0.2, 0.25) is 0 Å². The van der Waals surface area contributed by atoms with E-state index in [9.17, 15) is 5.11 Å². The summed E-state index contributed by atoms with van der Waals surface area (Å²) in [6, 6.07) is 0.584. The van der Waals surface area contributed by atoms with Gasteiger partial charge in [0.05, 0.1) is 24.9 Å². The van der Waals surface area contributed by atoms with Crippen molar-refractivity contribution in [3.05, 3.63) is 0 Å². The highest BCUT2D eigenvalue weighted by molar-refractivity contribution is 5.04. The Balaban J connectivity index is 1.69. The minimum atomic E-state index is -0.0840. The van der Waals surface area contributed by atoms with Gasteiger partial charge in [-0.2, -0.15) is 0 Å². The average molecular weight is 268 g/mol. The van der Waals surface area contributed by atoms with Gasteiger partial charge in [0.25, 0.3) is 0 Å². The van der Waals surface area contributed by atoms with E-state index in [1.807, 2.05) is 7.05 Å². The van der Waals surface area contributed by atoms with Crippen LogP contribution in [0.4, 0.5) is 0 Å². The minimum Gasteiger partial charge on any atom is -0.394 e. The van der Waals surface area contributed by atoms with Crippen LogP contribution in [0.1, 0.15) is 38.5 Å². The monoisotopic (exact) mass is 268 g/mol. The van der Waals surface area contributed by atoms with Crippen LogP contribution in [0.5, 0.6) is 0 Å². The molecule has 3 atom stereocenters. The Bertz CT molecular complexity index is 301. The molecule has 110 valence electrons. The highest BCUT2D eigenvalue weighted by Gasteiger charge is 2.47. The van der Waals surface area contributed by atoms with E-state index in [0.29, 0.717) is 18.1 Å². The Hall–Kier alpha value is -0.160. The molecule has 0 amide bonds. The van der Waals surface area contributed by atoms with Gasteiger partial charge in [-0.05, 0) is 38.6 Å². The average Bonchev–Trinajstić information content (AvgIpc) is 3.30. The highest BCUT2D eigenvalue weighted by Crippen LogP contribution is 2.41. The van der Waals surface area contributed by atoms with Crippen molar-refractivity contribution in [2.45, 2.75) is 56.2 Å². The number of nitrogens with one attached hydrogen (secondary N) is 1. The molecule has 0 spiro atoms. The van der Waals surface area contributed by atoms with Crippen LogP contribution >= 0.6 is 0 Å². The maximum absolute atomic E-state index is 9.89. The first-order valence-electron chi connectivity index (χ1n) is 7.94. The third kappa shape index (κ3) is 2.68. The largest absolute Gasteiger partial charge is 0.394 e. The molecular weight excluding hydrogens is 240 g/mol. The predicted molar refractivity (Wildman–Crippen MR) is 75.2 cm³/mol. The molecule has 1 heterocycles. The molecule has 2 saturated carbocycles. The number of fused-ring (bicyclic) bond motifs is 1. The van der Waals surface area contributed by atoms with E-state index in [0.717, 1.165) is 19.7 Å². The van der Waals surface area contributed by atoms with Crippen molar-refractivity contribution < 1.29 is 9.84 Å². The maximum Gasteiger partial charge on any atom is 0.0730 e. The molecular formula is C15H28N2O2. The Labute approximate surface area is 116 Å². The minimum absolute atomic E-state index is 0.0840. The maximum atomic E-state index is 9.89. The first kappa shape index (κ1) is 13.8. The molecule has 3 fully saturated rings. The molecule has 3 rings (SSSR count). The quantitative estimate of drug-likeness (QED) is 0.780. The summed E-state index contributed by atoms with van der Waals surface area (Å²) in [6.45, 7) is 3.12. The lowest BCUT2D eigenvalue weighted by Crippen LogP contribution is -2.62. The van der Waals surface area contributed by atoms with Crippen LogP contribution in [-0.4, -0.2) is 61.0 Å². The Morgan fingerprint density at radius 2 is 2.05 bits per heavy atom.